The van der Waals surface area contributed by atoms with Crippen molar-refractivity contribution in [3.8, 4) is 5.75 Å². The summed E-state index contributed by atoms with van der Waals surface area (Å²) in [6.45, 7) is 0. The van der Waals surface area contributed by atoms with Gasteiger partial charge in [0.1, 0.15) is 11.4 Å². The molecule has 0 bridgehead atoms. The molecule has 3 N–H and O–H groups in total. The second kappa shape index (κ2) is 3.58. The molecule has 5 heteroatoms. The molecule has 1 amide bonds. The van der Waals surface area contributed by atoms with Gasteiger partial charge < -0.3 is 15.5 Å². The van der Waals surface area contributed by atoms with Crippen molar-refractivity contribution < 1.29 is 9.53 Å². The van der Waals surface area contributed by atoms with E-state index in [2.05, 4.69) is 20.9 Å². The van der Waals surface area contributed by atoms with Gasteiger partial charge in [-0.1, -0.05) is 0 Å². The zero-order valence-corrected chi connectivity index (χ0v) is 9.59. The number of aromatic amines is 1. The summed E-state index contributed by atoms with van der Waals surface area (Å²) >= 11 is 3.33. The fourth-order valence-corrected chi connectivity index (χ4v) is 2.08. The molecule has 0 radical (unpaired) electrons. The van der Waals surface area contributed by atoms with Crippen LogP contribution < -0.4 is 10.5 Å². The topological polar surface area (TPSA) is 68.1 Å². The number of carbonyl (C=O) groups is 1. The van der Waals surface area contributed by atoms with Crippen LogP contribution in [-0.4, -0.2) is 18.0 Å². The number of amides is 1. The van der Waals surface area contributed by atoms with E-state index in [4.69, 9.17) is 10.5 Å². The molecule has 2 aromatic rings. The number of carbonyl (C=O) groups excluding carboxylic acids is 1. The molecule has 2 rings (SSSR count). The summed E-state index contributed by atoms with van der Waals surface area (Å²) in [5.41, 5.74) is 6.41. The smallest absolute Gasteiger partial charge is 0.266 e. The number of halogens is 1. The Morgan fingerprint density at radius 2 is 2.27 bits per heavy atom. The van der Waals surface area contributed by atoms with Gasteiger partial charge in [-0.2, -0.15) is 0 Å². The average molecular weight is 269 g/mol. The number of rotatable bonds is 2. The van der Waals surface area contributed by atoms with Crippen molar-refractivity contribution in [2.45, 2.75) is 0 Å². The number of benzene rings is 1. The molecule has 4 nitrogen and oxygen atoms in total. The molecule has 1 heterocycles. The number of H-pyrrole nitrogens is 1. The molecule has 0 spiro atoms. The zero-order valence-electron chi connectivity index (χ0n) is 8.00. The lowest BCUT2D eigenvalue weighted by molar-refractivity contribution is 0.0995. The van der Waals surface area contributed by atoms with Gasteiger partial charge in [0.05, 0.1) is 17.1 Å². The van der Waals surface area contributed by atoms with E-state index in [-0.39, 0.29) is 0 Å². The molecule has 0 saturated heterocycles. The summed E-state index contributed by atoms with van der Waals surface area (Å²) in [4.78, 5) is 14.0. The summed E-state index contributed by atoms with van der Waals surface area (Å²) in [6, 6.07) is 5.50. The molecule has 1 aromatic heterocycles. The van der Waals surface area contributed by atoms with Gasteiger partial charge >= 0.3 is 0 Å². The number of primary amides is 1. The Labute approximate surface area is 94.5 Å². The van der Waals surface area contributed by atoms with Crippen LogP contribution in [0.4, 0.5) is 0 Å². The third-order valence-electron chi connectivity index (χ3n) is 2.19. The average Bonchev–Trinajstić information content (AvgIpc) is 2.55. The number of nitrogens with one attached hydrogen (secondary N) is 1. The van der Waals surface area contributed by atoms with Gasteiger partial charge in [0.15, 0.2) is 0 Å². The Kier molecular flexibility index (Phi) is 2.40. The number of nitrogens with two attached hydrogens (primary N) is 1. The van der Waals surface area contributed by atoms with Crippen molar-refractivity contribution >= 4 is 32.7 Å². The van der Waals surface area contributed by atoms with Crippen molar-refractivity contribution in [1.82, 2.24) is 4.98 Å². The largest absolute Gasteiger partial charge is 0.497 e. The standard InChI is InChI=1S/C10H9BrN2O2/c1-15-5-2-3-6-7(4-5)13-9(8(6)11)10(12)14/h2-4,13H,1H3,(H2,12,14). The van der Waals surface area contributed by atoms with E-state index in [1.807, 2.05) is 18.2 Å². The van der Waals surface area contributed by atoms with Crippen LogP contribution in [0.25, 0.3) is 10.9 Å². The van der Waals surface area contributed by atoms with Crippen LogP contribution in [0, 0.1) is 0 Å². The molecule has 0 atom stereocenters. The number of ether oxygens (including phenoxy) is 1. The predicted molar refractivity (Wildman–Crippen MR) is 61.1 cm³/mol. The van der Waals surface area contributed by atoms with Crippen LogP contribution in [0.3, 0.4) is 0 Å². The lowest BCUT2D eigenvalue weighted by atomic mass is 10.2. The lowest BCUT2D eigenvalue weighted by Gasteiger charge is -1.97. The van der Waals surface area contributed by atoms with E-state index >= 15 is 0 Å². The normalized spacial score (nSPS) is 10.5. The molecule has 0 unspecified atom stereocenters. The number of methoxy groups -OCH3 is 1. The molecule has 0 aliphatic rings. The minimum absolute atomic E-state index is 0.373. The number of hydrogen-bond acceptors (Lipinski definition) is 2. The quantitative estimate of drug-likeness (QED) is 0.875. The second-order valence-electron chi connectivity index (χ2n) is 3.09. The number of hydrogen-bond donors (Lipinski definition) is 2. The van der Waals surface area contributed by atoms with Gasteiger partial charge in [0, 0.05) is 11.5 Å². The zero-order chi connectivity index (χ0) is 11.0. The fourth-order valence-electron chi connectivity index (χ4n) is 1.44. The maximum absolute atomic E-state index is 11.1. The van der Waals surface area contributed by atoms with Gasteiger partial charge in [-0.3, -0.25) is 4.79 Å². The van der Waals surface area contributed by atoms with Crippen LogP contribution in [0.2, 0.25) is 0 Å². The number of aromatic nitrogens is 1. The maximum Gasteiger partial charge on any atom is 0.266 e. The molecule has 15 heavy (non-hydrogen) atoms. The predicted octanol–water partition coefficient (Wildman–Crippen LogP) is 2.04. The minimum atomic E-state index is -0.489. The Hall–Kier alpha value is -1.49. The van der Waals surface area contributed by atoms with E-state index in [0.717, 1.165) is 16.7 Å². The first-order valence-corrected chi connectivity index (χ1v) is 5.08. The Morgan fingerprint density at radius 3 is 2.87 bits per heavy atom. The Bertz CT molecular complexity index is 533. The highest BCUT2D eigenvalue weighted by molar-refractivity contribution is 9.10. The van der Waals surface area contributed by atoms with Crippen molar-refractivity contribution in [3.05, 3.63) is 28.4 Å². The SMILES string of the molecule is COc1ccc2c(Br)c(C(N)=O)[nH]c2c1. The molecule has 0 fully saturated rings. The van der Waals surface area contributed by atoms with Crippen LogP contribution in [0.15, 0.2) is 22.7 Å². The lowest BCUT2D eigenvalue weighted by Crippen LogP contribution is -2.11. The van der Waals surface area contributed by atoms with E-state index in [1.165, 1.54) is 0 Å². The molecule has 0 saturated carbocycles. The van der Waals surface area contributed by atoms with Crippen molar-refractivity contribution in [1.29, 1.82) is 0 Å². The van der Waals surface area contributed by atoms with E-state index in [9.17, 15) is 4.79 Å². The number of fused-ring (bicyclic) bond motifs is 1. The minimum Gasteiger partial charge on any atom is -0.497 e. The van der Waals surface area contributed by atoms with Gasteiger partial charge in [-0.15, -0.1) is 0 Å². The maximum atomic E-state index is 11.1. The third kappa shape index (κ3) is 1.59. The first-order chi connectivity index (χ1) is 7.13. The Balaban J connectivity index is 2.70. The van der Waals surface area contributed by atoms with Crippen LogP contribution in [0.5, 0.6) is 5.75 Å². The monoisotopic (exact) mass is 268 g/mol. The van der Waals surface area contributed by atoms with E-state index in [0.29, 0.717) is 10.2 Å². The highest BCUT2D eigenvalue weighted by Crippen LogP contribution is 2.29. The van der Waals surface area contributed by atoms with Crippen molar-refractivity contribution in [3.63, 3.8) is 0 Å². The van der Waals surface area contributed by atoms with Gasteiger partial charge in [-0.05, 0) is 28.1 Å². The molecular formula is C10H9BrN2O2. The van der Waals surface area contributed by atoms with Crippen molar-refractivity contribution in [2.75, 3.05) is 7.11 Å². The van der Waals surface area contributed by atoms with Crippen LogP contribution in [-0.2, 0) is 0 Å². The first-order valence-electron chi connectivity index (χ1n) is 4.28. The molecule has 78 valence electrons. The third-order valence-corrected chi connectivity index (χ3v) is 3.01. The van der Waals surface area contributed by atoms with Gasteiger partial charge in [0.25, 0.3) is 5.91 Å². The Morgan fingerprint density at radius 1 is 1.53 bits per heavy atom. The van der Waals surface area contributed by atoms with E-state index in [1.54, 1.807) is 7.11 Å². The molecule has 0 aliphatic carbocycles. The van der Waals surface area contributed by atoms with E-state index < -0.39 is 5.91 Å². The van der Waals surface area contributed by atoms with Crippen molar-refractivity contribution in [2.24, 2.45) is 5.73 Å². The summed E-state index contributed by atoms with van der Waals surface area (Å²) in [5.74, 6) is 0.240. The fraction of sp³-hybridized carbons (Fsp3) is 0.100. The summed E-state index contributed by atoms with van der Waals surface area (Å²) in [7, 11) is 1.59. The molecular weight excluding hydrogens is 260 g/mol. The highest BCUT2D eigenvalue weighted by atomic mass is 79.9. The second-order valence-corrected chi connectivity index (χ2v) is 3.88. The van der Waals surface area contributed by atoms with Gasteiger partial charge in [0.2, 0.25) is 0 Å². The summed E-state index contributed by atoms with van der Waals surface area (Å²) < 4.78 is 5.77. The molecule has 0 aliphatic heterocycles. The molecule has 1 aromatic carbocycles. The highest BCUT2D eigenvalue weighted by Gasteiger charge is 2.13. The summed E-state index contributed by atoms with van der Waals surface area (Å²) in [6.07, 6.45) is 0. The van der Waals surface area contributed by atoms with Gasteiger partial charge in [-0.25, -0.2) is 0 Å². The first kappa shape index (κ1) is 10.0. The van der Waals surface area contributed by atoms with Crippen LogP contribution >= 0.6 is 15.9 Å². The summed E-state index contributed by atoms with van der Waals surface area (Å²) in [5, 5.41) is 0.907. The van der Waals surface area contributed by atoms with Crippen LogP contribution in [0.1, 0.15) is 10.5 Å².